The van der Waals surface area contributed by atoms with Gasteiger partial charge in [-0.3, -0.25) is 14.5 Å². The largest absolute Gasteiger partial charge is 0.371 e. The Morgan fingerprint density at radius 3 is 2.68 bits per heavy atom. The summed E-state index contributed by atoms with van der Waals surface area (Å²) in [5.74, 6) is -1.15. The zero-order valence-electron chi connectivity index (χ0n) is 12.9. The number of nitrogens with zero attached hydrogens (tertiary/aromatic N) is 1. The Morgan fingerprint density at radius 2 is 1.95 bits per heavy atom. The number of carbonyl (C=O) groups is 2. The Kier molecular flexibility index (Phi) is 6.36. The van der Waals surface area contributed by atoms with Gasteiger partial charge in [0.05, 0.1) is 12.7 Å². The Labute approximate surface area is 130 Å². The molecule has 2 rings (SSSR count). The Morgan fingerprint density at radius 1 is 1.23 bits per heavy atom. The summed E-state index contributed by atoms with van der Waals surface area (Å²) < 4.78 is 5.80. The van der Waals surface area contributed by atoms with E-state index < -0.39 is 11.8 Å². The van der Waals surface area contributed by atoms with Crippen LogP contribution in [0.2, 0.25) is 0 Å². The fraction of sp³-hybridized carbons (Fsp3) is 0.500. The van der Waals surface area contributed by atoms with Gasteiger partial charge in [-0.15, -0.1) is 0 Å². The van der Waals surface area contributed by atoms with Gasteiger partial charge in [-0.1, -0.05) is 30.3 Å². The fourth-order valence-corrected chi connectivity index (χ4v) is 2.42. The number of hydrogen-bond donors (Lipinski definition) is 2. The van der Waals surface area contributed by atoms with Crippen LogP contribution in [0, 0.1) is 0 Å². The summed E-state index contributed by atoms with van der Waals surface area (Å²) >= 11 is 0. The number of carbonyl (C=O) groups excluding carboxylic acids is 2. The monoisotopic (exact) mass is 305 g/mol. The first kappa shape index (κ1) is 16.5. The second-order valence-corrected chi connectivity index (χ2v) is 5.19. The van der Waals surface area contributed by atoms with Crippen molar-refractivity contribution in [3.8, 4) is 0 Å². The number of nitrogens with one attached hydrogen (secondary N) is 2. The minimum atomic E-state index is -0.577. The standard InChI is InChI=1S/C16H23N3O3/c1-2-17-15(20)16(21)18-8-9-19-10-11-22-14(12-19)13-6-4-3-5-7-13/h3-7,14H,2,8-12H2,1H3,(H,17,20)(H,18,21)/t14-/m0/s1. The molecule has 0 bridgehead atoms. The van der Waals surface area contributed by atoms with E-state index in [2.05, 4.69) is 27.7 Å². The van der Waals surface area contributed by atoms with Gasteiger partial charge in [0, 0.05) is 32.7 Å². The van der Waals surface area contributed by atoms with E-state index in [1.807, 2.05) is 18.2 Å². The van der Waals surface area contributed by atoms with Crippen molar-refractivity contribution in [3.63, 3.8) is 0 Å². The summed E-state index contributed by atoms with van der Waals surface area (Å²) in [5.41, 5.74) is 1.17. The average molecular weight is 305 g/mol. The van der Waals surface area contributed by atoms with Gasteiger partial charge < -0.3 is 15.4 Å². The molecule has 2 amide bonds. The molecule has 1 saturated heterocycles. The highest BCUT2D eigenvalue weighted by molar-refractivity contribution is 6.35. The first-order valence-corrected chi connectivity index (χ1v) is 7.65. The quantitative estimate of drug-likeness (QED) is 0.768. The third kappa shape index (κ3) is 4.82. The van der Waals surface area contributed by atoms with Crippen molar-refractivity contribution in [2.45, 2.75) is 13.0 Å². The number of benzene rings is 1. The van der Waals surface area contributed by atoms with E-state index in [0.29, 0.717) is 26.2 Å². The lowest BCUT2D eigenvalue weighted by molar-refractivity contribution is -0.139. The van der Waals surface area contributed by atoms with E-state index in [4.69, 9.17) is 4.74 Å². The first-order chi connectivity index (χ1) is 10.7. The molecule has 1 fully saturated rings. The molecule has 1 aromatic rings. The van der Waals surface area contributed by atoms with Crippen LogP contribution in [0.4, 0.5) is 0 Å². The van der Waals surface area contributed by atoms with Crippen molar-refractivity contribution in [1.82, 2.24) is 15.5 Å². The lowest BCUT2D eigenvalue weighted by Gasteiger charge is -2.33. The number of amides is 2. The second kappa shape index (κ2) is 8.51. The minimum absolute atomic E-state index is 0.0639. The van der Waals surface area contributed by atoms with Crippen LogP contribution in [0.15, 0.2) is 30.3 Å². The highest BCUT2D eigenvalue weighted by Gasteiger charge is 2.21. The van der Waals surface area contributed by atoms with Crippen LogP contribution in [-0.2, 0) is 14.3 Å². The number of rotatable bonds is 5. The topological polar surface area (TPSA) is 70.7 Å². The van der Waals surface area contributed by atoms with E-state index in [0.717, 1.165) is 13.1 Å². The molecule has 0 unspecified atom stereocenters. The number of hydrogen-bond acceptors (Lipinski definition) is 4. The minimum Gasteiger partial charge on any atom is -0.371 e. The smallest absolute Gasteiger partial charge is 0.309 e. The van der Waals surface area contributed by atoms with Crippen LogP contribution in [0.5, 0.6) is 0 Å². The van der Waals surface area contributed by atoms with E-state index in [1.54, 1.807) is 6.92 Å². The molecule has 1 aliphatic rings. The van der Waals surface area contributed by atoms with Crippen molar-refractivity contribution in [3.05, 3.63) is 35.9 Å². The molecule has 6 heteroatoms. The molecule has 0 spiro atoms. The molecular weight excluding hydrogens is 282 g/mol. The maximum atomic E-state index is 11.5. The zero-order valence-corrected chi connectivity index (χ0v) is 12.9. The summed E-state index contributed by atoms with van der Waals surface area (Å²) in [4.78, 5) is 25.0. The maximum absolute atomic E-state index is 11.5. The molecule has 1 heterocycles. The Balaban J connectivity index is 1.74. The molecule has 0 aliphatic carbocycles. The van der Waals surface area contributed by atoms with Crippen LogP contribution in [-0.4, -0.2) is 56.0 Å². The van der Waals surface area contributed by atoms with Crippen LogP contribution in [0.3, 0.4) is 0 Å². The van der Waals surface area contributed by atoms with Crippen LogP contribution < -0.4 is 10.6 Å². The van der Waals surface area contributed by atoms with Gasteiger partial charge in [0.1, 0.15) is 0 Å². The van der Waals surface area contributed by atoms with Gasteiger partial charge in [0.2, 0.25) is 0 Å². The van der Waals surface area contributed by atoms with Gasteiger partial charge in [-0.25, -0.2) is 0 Å². The predicted molar refractivity (Wildman–Crippen MR) is 83.3 cm³/mol. The average Bonchev–Trinajstić information content (AvgIpc) is 2.56. The lowest BCUT2D eigenvalue weighted by Crippen LogP contribution is -2.45. The van der Waals surface area contributed by atoms with E-state index in [9.17, 15) is 9.59 Å². The third-order valence-electron chi connectivity index (χ3n) is 3.58. The zero-order chi connectivity index (χ0) is 15.8. The summed E-state index contributed by atoms with van der Waals surface area (Å²) in [6, 6.07) is 10.1. The Bertz CT molecular complexity index is 493. The summed E-state index contributed by atoms with van der Waals surface area (Å²) in [6.07, 6.45) is 0.0639. The number of ether oxygens (including phenoxy) is 1. The highest BCUT2D eigenvalue weighted by Crippen LogP contribution is 2.21. The molecule has 0 radical (unpaired) electrons. The summed E-state index contributed by atoms with van der Waals surface area (Å²) in [6.45, 7) is 5.69. The van der Waals surface area contributed by atoms with Gasteiger partial charge in [0.25, 0.3) is 0 Å². The molecule has 1 atom stereocenters. The van der Waals surface area contributed by atoms with Crippen LogP contribution >= 0.6 is 0 Å². The van der Waals surface area contributed by atoms with Crippen molar-refractivity contribution in [2.75, 3.05) is 39.3 Å². The van der Waals surface area contributed by atoms with Crippen LogP contribution in [0.25, 0.3) is 0 Å². The fourth-order valence-electron chi connectivity index (χ4n) is 2.42. The second-order valence-electron chi connectivity index (χ2n) is 5.19. The van der Waals surface area contributed by atoms with E-state index in [1.165, 1.54) is 5.56 Å². The van der Waals surface area contributed by atoms with Gasteiger partial charge >= 0.3 is 11.8 Å². The molecule has 1 aliphatic heterocycles. The van der Waals surface area contributed by atoms with Crippen molar-refractivity contribution < 1.29 is 14.3 Å². The molecule has 2 N–H and O–H groups in total. The maximum Gasteiger partial charge on any atom is 0.309 e. The Hall–Kier alpha value is -1.92. The van der Waals surface area contributed by atoms with Gasteiger partial charge in [-0.05, 0) is 12.5 Å². The van der Waals surface area contributed by atoms with Crippen molar-refractivity contribution >= 4 is 11.8 Å². The van der Waals surface area contributed by atoms with E-state index in [-0.39, 0.29) is 6.10 Å². The molecule has 120 valence electrons. The van der Waals surface area contributed by atoms with Crippen LogP contribution in [0.1, 0.15) is 18.6 Å². The first-order valence-electron chi connectivity index (χ1n) is 7.65. The highest BCUT2D eigenvalue weighted by atomic mass is 16.5. The summed E-state index contributed by atoms with van der Waals surface area (Å²) in [7, 11) is 0. The predicted octanol–water partition coefficient (Wildman–Crippen LogP) is 0.312. The lowest BCUT2D eigenvalue weighted by atomic mass is 10.1. The van der Waals surface area contributed by atoms with Crippen molar-refractivity contribution in [2.24, 2.45) is 0 Å². The third-order valence-corrected chi connectivity index (χ3v) is 3.58. The van der Waals surface area contributed by atoms with Crippen molar-refractivity contribution in [1.29, 1.82) is 0 Å². The normalized spacial score (nSPS) is 18.7. The van der Waals surface area contributed by atoms with E-state index >= 15 is 0 Å². The molecular formula is C16H23N3O3. The molecule has 6 nitrogen and oxygen atoms in total. The molecule has 1 aromatic carbocycles. The van der Waals surface area contributed by atoms with Gasteiger partial charge in [-0.2, -0.15) is 0 Å². The molecule has 0 saturated carbocycles. The van der Waals surface area contributed by atoms with Gasteiger partial charge in [0.15, 0.2) is 0 Å². The molecule has 0 aromatic heterocycles. The number of morpholine rings is 1. The molecule has 22 heavy (non-hydrogen) atoms. The summed E-state index contributed by atoms with van der Waals surface area (Å²) in [5, 5.41) is 5.11. The number of likely N-dealkylation sites (N-methyl/N-ethyl adjacent to an activating group) is 1. The SMILES string of the molecule is CCNC(=O)C(=O)NCCN1CCO[C@H](c2ccccc2)C1.